The number of alkyl halides is 1. The van der Waals surface area contributed by atoms with Crippen molar-refractivity contribution in [3.05, 3.63) is 47.2 Å². The average molecular weight is 379 g/mol. The lowest BCUT2D eigenvalue weighted by molar-refractivity contribution is -0.113. The second kappa shape index (κ2) is 8.04. The Morgan fingerprint density at radius 3 is 2.59 bits per heavy atom. The second-order valence-corrected chi connectivity index (χ2v) is 6.83. The van der Waals surface area contributed by atoms with Gasteiger partial charge in [0.2, 0.25) is 0 Å². The van der Waals surface area contributed by atoms with Gasteiger partial charge < -0.3 is 10.2 Å². The molecule has 1 aromatic rings. The standard InChI is InChI=1S/C19H20F3N3O2/c1-25-7-5-11(6-8-25)18(26)15-3-2-4-16(23-15)24-19(27)17-13(21)9-12(20)10-14(17)22/h2-4,9,11,14H,5-8,10H2,1H3,(H,23,24,27). The number of aromatic nitrogens is 1. The normalized spacial score (nSPS) is 21.8. The van der Waals surface area contributed by atoms with Gasteiger partial charge in [0.05, 0.1) is 5.57 Å². The van der Waals surface area contributed by atoms with E-state index in [1.54, 1.807) is 12.1 Å². The van der Waals surface area contributed by atoms with E-state index >= 15 is 0 Å². The van der Waals surface area contributed by atoms with Crippen LogP contribution < -0.4 is 5.32 Å². The van der Waals surface area contributed by atoms with E-state index in [0.717, 1.165) is 25.9 Å². The summed E-state index contributed by atoms with van der Waals surface area (Å²) in [6.45, 7) is 1.64. The number of carbonyl (C=O) groups is 2. The molecule has 1 N–H and O–H groups in total. The highest BCUT2D eigenvalue weighted by molar-refractivity contribution is 6.05. The van der Waals surface area contributed by atoms with Crippen molar-refractivity contribution in [1.29, 1.82) is 0 Å². The van der Waals surface area contributed by atoms with Gasteiger partial charge in [-0.05, 0) is 45.1 Å². The number of ketones is 1. The molecule has 1 unspecified atom stereocenters. The maximum absolute atomic E-state index is 13.9. The van der Waals surface area contributed by atoms with Crippen molar-refractivity contribution in [2.75, 3.05) is 25.5 Å². The van der Waals surface area contributed by atoms with E-state index in [2.05, 4.69) is 15.2 Å². The predicted molar refractivity (Wildman–Crippen MR) is 94.3 cm³/mol. The summed E-state index contributed by atoms with van der Waals surface area (Å²) < 4.78 is 40.7. The zero-order valence-electron chi connectivity index (χ0n) is 14.8. The van der Waals surface area contributed by atoms with Crippen LogP contribution in [0.4, 0.5) is 19.0 Å². The number of nitrogens with zero attached hydrogens (tertiary/aromatic N) is 2. The Balaban J connectivity index is 1.73. The van der Waals surface area contributed by atoms with Crippen LogP contribution in [0.15, 0.2) is 41.5 Å². The Bertz CT molecular complexity index is 814. The molecule has 0 bridgehead atoms. The Labute approximate surface area is 154 Å². The minimum atomic E-state index is -2.07. The highest BCUT2D eigenvalue weighted by atomic mass is 19.2. The van der Waals surface area contributed by atoms with Crippen LogP contribution in [0.2, 0.25) is 0 Å². The van der Waals surface area contributed by atoms with E-state index in [4.69, 9.17) is 0 Å². The molecule has 1 fully saturated rings. The number of amides is 1. The molecule has 144 valence electrons. The molecular formula is C19H20F3N3O2. The lowest BCUT2D eigenvalue weighted by Gasteiger charge is -2.27. The van der Waals surface area contributed by atoms with Gasteiger partial charge in [-0.1, -0.05) is 6.07 Å². The van der Waals surface area contributed by atoms with Gasteiger partial charge in [-0.15, -0.1) is 0 Å². The molecule has 0 aromatic carbocycles. The molecule has 0 saturated carbocycles. The van der Waals surface area contributed by atoms with Crippen LogP contribution in [0.3, 0.4) is 0 Å². The molecule has 1 atom stereocenters. The molecule has 2 aliphatic rings. The summed E-state index contributed by atoms with van der Waals surface area (Å²) in [4.78, 5) is 31.1. The third-order valence-corrected chi connectivity index (χ3v) is 4.81. The zero-order valence-corrected chi connectivity index (χ0v) is 14.8. The molecule has 0 spiro atoms. The van der Waals surface area contributed by atoms with Gasteiger partial charge in [0.15, 0.2) is 5.78 Å². The number of carbonyl (C=O) groups excluding carboxylic acids is 2. The number of halogens is 3. The van der Waals surface area contributed by atoms with Crippen molar-refractivity contribution in [2.24, 2.45) is 5.92 Å². The monoisotopic (exact) mass is 379 g/mol. The van der Waals surface area contributed by atoms with E-state index < -0.39 is 35.7 Å². The van der Waals surface area contributed by atoms with Crippen LogP contribution >= 0.6 is 0 Å². The average Bonchev–Trinajstić information content (AvgIpc) is 2.61. The predicted octanol–water partition coefficient (Wildman–Crippen LogP) is 3.36. The molecule has 8 heteroatoms. The van der Waals surface area contributed by atoms with E-state index in [-0.39, 0.29) is 23.2 Å². The lowest BCUT2D eigenvalue weighted by atomic mass is 9.91. The number of anilines is 1. The van der Waals surface area contributed by atoms with Crippen molar-refractivity contribution in [1.82, 2.24) is 9.88 Å². The Morgan fingerprint density at radius 2 is 1.93 bits per heavy atom. The fraction of sp³-hybridized carbons (Fsp3) is 0.421. The van der Waals surface area contributed by atoms with Crippen LogP contribution in [0, 0.1) is 5.92 Å². The third-order valence-electron chi connectivity index (χ3n) is 4.81. The maximum Gasteiger partial charge on any atom is 0.258 e. The van der Waals surface area contributed by atoms with Crippen LogP contribution in [0.25, 0.3) is 0 Å². The fourth-order valence-corrected chi connectivity index (χ4v) is 3.25. The molecule has 27 heavy (non-hydrogen) atoms. The van der Waals surface area contributed by atoms with Gasteiger partial charge >= 0.3 is 0 Å². The third kappa shape index (κ3) is 4.44. The number of hydrogen-bond donors (Lipinski definition) is 1. The maximum atomic E-state index is 13.9. The van der Waals surface area contributed by atoms with Crippen molar-refractivity contribution in [2.45, 2.75) is 25.4 Å². The number of likely N-dealkylation sites (tertiary alicyclic amines) is 1. The summed E-state index contributed by atoms with van der Waals surface area (Å²) in [6, 6.07) is 4.52. The summed E-state index contributed by atoms with van der Waals surface area (Å²) in [5.41, 5.74) is -0.576. The smallest absolute Gasteiger partial charge is 0.258 e. The molecule has 0 radical (unpaired) electrons. The SMILES string of the molecule is CN1CCC(C(=O)c2cccc(NC(=O)C3=C(F)C=C(F)CC3F)n2)CC1. The Hall–Kier alpha value is -2.48. The van der Waals surface area contributed by atoms with Crippen molar-refractivity contribution < 1.29 is 22.8 Å². The Morgan fingerprint density at radius 1 is 1.22 bits per heavy atom. The van der Waals surface area contributed by atoms with Gasteiger partial charge in [0.25, 0.3) is 5.91 Å². The van der Waals surface area contributed by atoms with Crippen LogP contribution in [0.5, 0.6) is 0 Å². The lowest BCUT2D eigenvalue weighted by Crippen LogP contribution is -2.34. The topological polar surface area (TPSA) is 62.3 Å². The molecular weight excluding hydrogens is 359 g/mol. The van der Waals surface area contributed by atoms with Crippen molar-refractivity contribution in [3.63, 3.8) is 0 Å². The minimum absolute atomic E-state index is 0.0151. The first-order valence-corrected chi connectivity index (χ1v) is 8.76. The molecule has 5 nitrogen and oxygen atoms in total. The number of pyridine rings is 1. The van der Waals surface area contributed by atoms with Crippen LogP contribution in [-0.2, 0) is 4.79 Å². The summed E-state index contributed by atoms with van der Waals surface area (Å²) in [5, 5.41) is 2.29. The van der Waals surface area contributed by atoms with Gasteiger partial charge in [-0.2, -0.15) is 0 Å². The van der Waals surface area contributed by atoms with Crippen molar-refractivity contribution in [3.8, 4) is 0 Å². The van der Waals surface area contributed by atoms with E-state index in [0.29, 0.717) is 6.08 Å². The van der Waals surface area contributed by atoms with Crippen LogP contribution in [0.1, 0.15) is 29.8 Å². The molecule has 1 aliphatic carbocycles. The summed E-state index contributed by atoms with van der Waals surface area (Å²) in [5.74, 6) is -3.48. The Kier molecular flexibility index (Phi) is 5.74. The molecule has 1 aliphatic heterocycles. The van der Waals surface area contributed by atoms with Crippen LogP contribution in [-0.4, -0.2) is 47.9 Å². The molecule has 2 heterocycles. The quantitative estimate of drug-likeness (QED) is 0.815. The summed E-state index contributed by atoms with van der Waals surface area (Å²) in [6.07, 6.45) is -0.796. The second-order valence-electron chi connectivity index (χ2n) is 6.83. The van der Waals surface area contributed by atoms with Gasteiger partial charge in [0, 0.05) is 18.4 Å². The summed E-state index contributed by atoms with van der Waals surface area (Å²) >= 11 is 0. The fourth-order valence-electron chi connectivity index (χ4n) is 3.25. The first kappa shape index (κ1) is 19.3. The van der Waals surface area contributed by atoms with Gasteiger partial charge in [-0.25, -0.2) is 18.2 Å². The highest BCUT2D eigenvalue weighted by Gasteiger charge is 2.30. The van der Waals surface area contributed by atoms with E-state index in [9.17, 15) is 22.8 Å². The van der Waals surface area contributed by atoms with E-state index in [1.807, 2.05) is 7.05 Å². The number of Topliss-reactive ketones (excluding diaryl/α,β-unsaturated/α-hetero) is 1. The number of allylic oxidation sites excluding steroid dienone is 3. The first-order chi connectivity index (χ1) is 12.8. The first-order valence-electron chi connectivity index (χ1n) is 8.76. The van der Waals surface area contributed by atoms with Crippen molar-refractivity contribution >= 4 is 17.5 Å². The van der Waals surface area contributed by atoms with E-state index in [1.165, 1.54) is 6.07 Å². The number of hydrogen-bond acceptors (Lipinski definition) is 4. The number of nitrogens with one attached hydrogen (secondary N) is 1. The molecule has 1 amide bonds. The largest absolute Gasteiger partial charge is 0.307 e. The number of rotatable bonds is 4. The number of piperidine rings is 1. The molecule has 1 aromatic heterocycles. The highest BCUT2D eigenvalue weighted by Crippen LogP contribution is 2.29. The minimum Gasteiger partial charge on any atom is -0.307 e. The summed E-state index contributed by atoms with van der Waals surface area (Å²) in [7, 11) is 1.99. The zero-order chi connectivity index (χ0) is 19.6. The van der Waals surface area contributed by atoms with Gasteiger partial charge in [0.1, 0.15) is 29.3 Å². The molecule has 3 rings (SSSR count). The molecule has 1 saturated heterocycles. The van der Waals surface area contributed by atoms with Gasteiger partial charge in [-0.3, -0.25) is 9.59 Å².